The van der Waals surface area contributed by atoms with Crippen molar-refractivity contribution in [2.24, 2.45) is 0 Å². The molecule has 9 aromatic rings. The predicted molar refractivity (Wildman–Crippen MR) is 246 cm³/mol. The van der Waals surface area contributed by atoms with Gasteiger partial charge < -0.3 is 14.0 Å². The summed E-state index contributed by atoms with van der Waals surface area (Å²) in [6.45, 7) is 0. The van der Waals surface area contributed by atoms with Gasteiger partial charge in [-0.15, -0.1) is 0 Å². The van der Waals surface area contributed by atoms with E-state index in [4.69, 9.17) is 14.0 Å². The Balaban J connectivity index is 1.56. The van der Waals surface area contributed by atoms with E-state index in [9.17, 15) is 0 Å². The van der Waals surface area contributed by atoms with Gasteiger partial charge in [-0.2, -0.15) is 0 Å². The molecule has 0 aliphatic rings. The van der Waals surface area contributed by atoms with E-state index < -0.39 is 128 Å². The Labute approximate surface area is 422 Å². The van der Waals surface area contributed by atoms with Gasteiger partial charge in [0.15, 0.2) is 75.4 Å². The predicted octanol–water partition coefficient (Wildman–Crippen LogP) is 15.1. The van der Waals surface area contributed by atoms with E-state index in [0.29, 0.717) is 0 Å². The largest absolute Gasteiger partial charge is 0.643 e. The van der Waals surface area contributed by atoms with Crippen molar-refractivity contribution in [3.8, 4) is 0 Å². The van der Waals surface area contributed by atoms with E-state index in [1.54, 1.807) is 0 Å². The molecule has 0 saturated heterocycles. The molecule has 0 atom stereocenters. The van der Waals surface area contributed by atoms with Crippen molar-refractivity contribution in [1.29, 1.82) is 0 Å². The van der Waals surface area contributed by atoms with Crippen LogP contribution in [0.15, 0.2) is 182 Å². The van der Waals surface area contributed by atoms with Crippen molar-refractivity contribution in [3.63, 3.8) is 0 Å². The number of hydrogen-bond donors (Lipinski definition) is 0. The lowest BCUT2D eigenvalue weighted by molar-refractivity contribution is -0.0420. The maximum absolute atomic E-state index is 17.2. The summed E-state index contributed by atoms with van der Waals surface area (Å²) < 4.78 is 265. The number of rotatable bonds is 15. The second-order valence-corrected chi connectivity index (χ2v) is 16.7. The van der Waals surface area contributed by atoms with Crippen LogP contribution in [0.5, 0.6) is 0 Å². The standard InChI is InChI=1S/C57H30BF15O3/c59-40-37(41(60)47(66)52(71)46(40)65)57(38-42(61)48(67)53(72)49(68)43(38)62,39-44(63)50(69)54(73)51(70)45(39)64)76-58(74-55(31-19-7-1-8-20-31,32-21-9-2-10-22-32)33-23-11-3-12-24-33)75-56(34-25-13-4-14-26-34,35-27-15-5-16-28-35)36-29-17-6-18-30-36/h1-30H. The van der Waals surface area contributed by atoms with Crippen LogP contribution in [0.2, 0.25) is 0 Å². The van der Waals surface area contributed by atoms with Crippen LogP contribution in [0.25, 0.3) is 0 Å². The van der Waals surface area contributed by atoms with E-state index in [2.05, 4.69) is 0 Å². The molecule has 0 unspecified atom stereocenters. The maximum Gasteiger partial charge on any atom is 0.643 e. The first-order chi connectivity index (χ1) is 36.4. The molecule has 0 spiro atoms. The van der Waals surface area contributed by atoms with Gasteiger partial charge in [-0.1, -0.05) is 182 Å². The molecule has 0 N–H and O–H groups in total. The third-order valence-electron chi connectivity index (χ3n) is 12.6. The van der Waals surface area contributed by atoms with E-state index in [0.717, 1.165) is 0 Å². The van der Waals surface area contributed by atoms with Crippen LogP contribution in [0.3, 0.4) is 0 Å². The molecule has 0 bridgehead atoms. The van der Waals surface area contributed by atoms with Gasteiger partial charge in [0, 0.05) is 0 Å². The third-order valence-corrected chi connectivity index (χ3v) is 12.6. The van der Waals surface area contributed by atoms with Crippen molar-refractivity contribution < 1.29 is 79.8 Å². The Morgan fingerprint density at radius 2 is 0.342 bits per heavy atom. The molecule has 0 heterocycles. The molecule has 3 nitrogen and oxygen atoms in total. The highest BCUT2D eigenvalue weighted by Crippen LogP contribution is 2.53. The zero-order chi connectivity index (χ0) is 54.3. The van der Waals surface area contributed by atoms with Crippen molar-refractivity contribution in [2.75, 3.05) is 0 Å². The van der Waals surface area contributed by atoms with E-state index >= 15 is 65.9 Å². The van der Waals surface area contributed by atoms with Crippen LogP contribution >= 0.6 is 0 Å². The summed E-state index contributed by atoms with van der Waals surface area (Å²) in [4.78, 5) is 0. The van der Waals surface area contributed by atoms with Gasteiger partial charge in [-0.3, -0.25) is 0 Å². The summed E-state index contributed by atoms with van der Waals surface area (Å²) in [6, 6.07) is 43.1. The van der Waals surface area contributed by atoms with Crippen LogP contribution in [0.1, 0.15) is 50.1 Å². The smallest absolute Gasteiger partial charge is 0.368 e. The fraction of sp³-hybridized carbons (Fsp3) is 0.0526. The van der Waals surface area contributed by atoms with Crippen molar-refractivity contribution >= 4 is 7.32 Å². The SMILES string of the molecule is Fc1c(F)c(F)c(C(OB(OC(c2ccccc2)(c2ccccc2)c2ccccc2)OC(c2ccccc2)(c2ccccc2)c2ccccc2)(c2c(F)c(F)c(F)c(F)c2F)c2c(F)c(F)c(F)c(F)c2F)c(F)c1F. The summed E-state index contributed by atoms with van der Waals surface area (Å²) >= 11 is 0. The van der Waals surface area contributed by atoms with Crippen molar-refractivity contribution in [2.45, 2.75) is 16.8 Å². The Morgan fingerprint density at radius 3 is 0.513 bits per heavy atom. The minimum Gasteiger partial charge on any atom is -0.368 e. The summed E-state index contributed by atoms with van der Waals surface area (Å²) in [5.41, 5.74) is -20.0. The molecule has 0 aliphatic carbocycles. The van der Waals surface area contributed by atoms with Gasteiger partial charge in [-0.25, -0.2) is 65.9 Å². The Hall–Kier alpha value is -8.13. The first-order valence-corrected chi connectivity index (χ1v) is 22.4. The normalized spacial score (nSPS) is 12.0. The average Bonchev–Trinajstić information content (AvgIpc) is 3.66. The lowest BCUT2D eigenvalue weighted by Gasteiger charge is -2.45. The van der Waals surface area contributed by atoms with E-state index in [-0.39, 0.29) is 33.4 Å². The van der Waals surface area contributed by atoms with Crippen LogP contribution in [0.4, 0.5) is 65.9 Å². The first kappa shape index (κ1) is 52.7. The monoisotopic (exact) mass is 1060 g/mol. The highest BCUT2D eigenvalue weighted by Gasteiger charge is 2.60. The molecule has 0 aliphatic heterocycles. The Kier molecular flexibility index (Phi) is 14.5. The number of benzene rings is 9. The van der Waals surface area contributed by atoms with Gasteiger partial charge in [0.05, 0.1) is 16.7 Å². The molecule has 0 radical (unpaired) electrons. The molecule has 0 fully saturated rings. The third kappa shape index (κ3) is 8.47. The zero-order valence-corrected chi connectivity index (χ0v) is 38.3. The summed E-state index contributed by atoms with van der Waals surface area (Å²) in [5.74, 6) is -48.6. The topological polar surface area (TPSA) is 27.7 Å². The van der Waals surface area contributed by atoms with Gasteiger partial charge in [0.1, 0.15) is 11.2 Å². The Morgan fingerprint density at radius 1 is 0.197 bits per heavy atom. The lowest BCUT2D eigenvalue weighted by Crippen LogP contribution is -2.52. The molecule has 384 valence electrons. The van der Waals surface area contributed by atoms with Gasteiger partial charge in [-0.05, 0) is 33.4 Å². The zero-order valence-electron chi connectivity index (χ0n) is 38.3. The molecule has 19 heteroatoms. The highest BCUT2D eigenvalue weighted by molar-refractivity contribution is 6.37. The van der Waals surface area contributed by atoms with Gasteiger partial charge in [0.2, 0.25) is 17.5 Å². The number of halogens is 15. The van der Waals surface area contributed by atoms with E-state index in [1.807, 2.05) is 0 Å². The summed E-state index contributed by atoms with van der Waals surface area (Å²) in [6.07, 6.45) is 0. The lowest BCUT2D eigenvalue weighted by atomic mass is 9.75. The quantitative estimate of drug-likeness (QED) is 0.0337. The van der Waals surface area contributed by atoms with Gasteiger partial charge >= 0.3 is 7.32 Å². The fourth-order valence-electron chi connectivity index (χ4n) is 9.24. The Bertz CT molecular complexity index is 3010. The summed E-state index contributed by atoms with van der Waals surface area (Å²) in [5, 5.41) is 0. The molecule has 0 aromatic heterocycles. The minimum absolute atomic E-state index is 0.0244. The second kappa shape index (κ2) is 20.9. The molecule has 0 saturated carbocycles. The first-order valence-electron chi connectivity index (χ1n) is 22.4. The van der Waals surface area contributed by atoms with Crippen LogP contribution < -0.4 is 0 Å². The molecular weight excluding hydrogens is 1030 g/mol. The highest BCUT2D eigenvalue weighted by atomic mass is 19.2. The second-order valence-electron chi connectivity index (χ2n) is 16.7. The van der Waals surface area contributed by atoms with Crippen molar-refractivity contribution in [1.82, 2.24) is 0 Å². The van der Waals surface area contributed by atoms with Crippen LogP contribution in [0, 0.1) is 87.3 Å². The van der Waals surface area contributed by atoms with Crippen LogP contribution in [-0.4, -0.2) is 7.32 Å². The molecule has 9 rings (SSSR count). The number of hydrogen-bond acceptors (Lipinski definition) is 3. The van der Waals surface area contributed by atoms with E-state index in [1.165, 1.54) is 182 Å². The average molecular weight is 1060 g/mol. The molecule has 9 aromatic carbocycles. The van der Waals surface area contributed by atoms with Gasteiger partial charge in [0.25, 0.3) is 0 Å². The minimum atomic E-state index is -5.56. The molecule has 76 heavy (non-hydrogen) atoms. The maximum atomic E-state index is 17.2. The van der Waals surface area contributed by atoms with Crippen LogP contribution in [-0.2, 0) is 30.8 Å². The van der Waals surface area contributed by atoms with Crippen molar-refractivity contribution in [3.05, 3.63) is 319 Å². The molecular formula is C57H30BF15O3. The molecule has 0 amide bonds. The fourth-order valence-corrected chi connectivity index (χ4v) is 9.24. The summed E-state index contributed by atoms with van der Waals surface area (Å²) in [7, 11) is -3.47.